The number of aromatic nitrogens is 3. The monoisotopic (exact) mass is 488 g/mol. The van der Waals surface area contributed by atoms with E-state index in [9.17, 15) is 4.79 Å². The van der Waals surface area contributed by atoms with Gasteiger partial charge >= 0.3 is 0 Å². The van der Waals surface area contributed by atoms with Gasteiger partial charge in [-0.2, -0.15) is 0 Å². The van der Waals surface area contributed by atoms with E-state index >= 15 is 0 Å². The van der Waals surface area contributed by atoms with Crippen molar-refractivity contribution in [3.05, 3.63) is 59.4 Å². The summed E-state index contributed by atoms with van der Waals surface area (Å²) in [5.74, 6) is 2.91. The summed E-state index contributed by atoms with van der Waals surface area (Å²) >= 11 is 7.47. The van der Waals surface area contributed by atoms with Gasteiger partial charge in [0.25, 0.3) is 0 Å². The highest BCUT2D eigenvalue weighted by Crippen LogP contribution is 2.31. The molecule has 33 heavy (non-hydrogen) atoms. The summed E-state index contributed by atoms with van der Waals surface area (Å²) in [6, 6.07) is 14.8. The number of nitrogens with zero attached hydrogens (tertiary/aromatic N) is 4. The lowest BCUT2D eigenvalue weighted by molar-refractivity contribution is -0.129. The molecule has 1 aromatic heterocycles. The summed E-state index contributed by atoms with van der Waals surface area (Å²) in [5.41, 5.74) is 0. The van der Waals surface area contributed by atoms with Crippen molar-refractivity contribution in [1.29, 1.82) is 0 Å². The Morgan fingerprint density at radius 3 is 2.76 bits per heavy atom. The molecule has 2 aromatic carbocycles. The van der Waals surface area contributed by atoms with Gasteiger partial charge in [-0.05, 0) is 31.2 Å². The largest absolute Gasteiger partial charge is 0.486 e. The number of rotatable bonds is 9. The number of fused-ring (bicyclic) bond motifs is 1. The van der Waals surface area contributed by atoms with E-state index in [2.05, 4.69) is 10.2 Å². The molecular weight excluding hydrogens is 464 g/mol. The van der Waals surface area contributed by atoms with Gasteiger partial charge in [-0.3, -0.25) is 4.79 Å². The Balaban J connectivity index is 1.29. The van der Waals surface area contributed by atoms with Crippen LogP contribution in [0.1, 0.15) is 12.7 Å². The number of carbonyl (C=O) groups excluding carboxylic acids is 1. The minimum absolute atomic E-state index is 0.00169. The molecule has 0 saturated carbocycles. The van der Waals surface area contributed by atoms with E-state index in [1.807, 2.05) is 54.9 Å². The normalized spacial score (nSPS) is 14.7. The highest BCUT2D eigenvalue weighted by molar-refractivity contribution is 7.99. The van der Waals surface area contributed by atoms with Gasteiger partial charge in [0.15, 0.2) is 28.6 Å². The Bertz CT molecular complexity index is 1110. The van der Waals surface area contributed by atoms with Crippen LogP contribution in [0, 0.1) is 0 Å². The molecule has 1 atom stereocenters. The average Bonchev–Trinajstić information content (AvgIpc) is 3.19. The van der Waals surface area contributed by atoms with Gasteiger partial charge in [0.05, 0.1) is 17.3 Å². The van der Waals surface area contributed by atoms with E-state index in [0.29, 0.717) is 47.2 Å². The van der Waals surface area contributed by atoms with E-state index in [4.69, 9.17) is 25.8 Å². The van der Waals surface area contributed by atoms with E-state index in [-0.39, 0.29) is 24.4 Å². The van der Waals surface area contributed by atoms with Crippen molar-refractivity contribution in [2.24, 2.45) is 7.05 Å². The molecule has 1 aliphatic rings. The number of amides is 1. The zero-order valence-electron chi connectivity index (χ0n) is 18.4. The Morgan fingerprint density at radius 2 is 1.97 bits per heavy atom. The van der Waals surface area contributed by atoms with E-state index < -0.39 is 0 Å². The number of benzene rings is 2. The van der Waals surface area contributed by atoms with Gasteiger partial charge in [-0.1, -0.05) is 47.6 Å². The van der Waals surface area contributed by atoms with Gasteiger partial charge in [-0.15, -0.1) is 10.2 Å². The molecule has 1 amide bonds. The van der Waals surface area contributed by atoms with E-state index in [0.717, 1.165) is 5.75 Å². The number of carbonyl (C=O) groups is 1. The van der Waals surface area contributed by atoms with Crippen LogP contribution < -0.4 is 14.2 Å². The van der Waals surface area contributed by atoms with Gasteiger partial charge in [0, 0.05) is 13.6 Å². The molecule has 8 nitrogen and oxygen atoms in total. The lowest BCUT2D eigenvalue weighted by atomic mass is 10.2. The summed E-state index contributed by atoms with van der Waals surface area (Å²) < 4.78 is 19.3. The fraction of sp³-hybridized carbons (Fsp3) is 0.348. The van der Waals surface area contributed by atoms with Crippen LogP contribution in [0.15, 0.2) is 53.7 Å². The number of thioether (sulfide) groups is 1. The molecule has 0 saturated heterocycles. The van der Waals surface area contributed by atoms with E-state index in [1.54, 1.807) is 17.0 Å². The summed E-state index contributed by atoms with van der Waals surface area (Å²) in [6.45, 7) is 3.62. The molecule has 0 spiro atoms. The number of ether oxygens (including phenoxy) is 3. The second kappa shape index (κ2) is 10.8. The number of halogens is 1. The first-order valence-electron chi connectivity index (χ1n) is 10.6. The maximum absolute atomic E-state index is 12.8. The molecule has 174 valence electrons. The smallest absolute Gasteiger partial charge is 0.233 e. The fourth-order valence-corrected chi connectivity index (χ4v) is 4.35. The Kier molecular flexibility index (Phi) is 7.61. The molecule has 10 heteroatoms. The molecule has 2 heterocycles. The van der Waals surface area contributed by atoms with Crippen LogP contribution in [-0.2, 0) is 18.4 Å². The van der Waals surface area contributed by atoms with Crippen molar-refractivity contribution >= 4 is 29.3 Å². The Labute approximate surface area is 201 Å². The molecule has 0 aliphatic carbocycles. The third kappa shape index (κ3) is 5.72. The van der Waals surface area contributed by atoms with Crippen LogP contribution in [0.3, 0.4) is 0 Å². The molecule has 0 bridgehead atoms. The molecule has 0 N–H and O–H groups in total. The summed E-state index contributed by atoms with van der Waals surface area (Å²) in [4.78, 5) is 14.6. The molecule has 0 radical (unpaired) electrons. The van der Waals surface area contributed by atoms with Crippen molar-refractivity contribution < 1.29 is 19.0 Å². The topological polar surface area (TPSA) is 78.7 Å². The fourth-order valence-electron chi connectivity index (χ4n) is 3.32. The van der Waals surface area contributed by atoms with Crippen LogP contribution in [-0.4, -0.2) is 57.1 Å². The number of hydrogen-bond donors (Lipinski definition) is 0. The Morgan fingerprint density at radius 1 is 1.21 bits per heavy atom. The second-order valence-electron chi connectivity index (χ2n) is 7.40. The molecule has 0 fully saturated rings. The highest BCUT2D eigenvalue weighted by atomic mass is 35.5. The summed E-state index contributed by atoms with van der Waals surface area (Å²) in [6.07, 6.45) is -0.211. The molecule has 1 unspecified atom stereocenters. The van der Waals surface area contributed by atoms with Crippen molar-refractivity contribution in [3.8, 4) is 17.2 Å². The predicted octanol–water partition coefficient (Wildman–Crippen LogP) is 3.83. The maximum Gasteiger partial charge on any atom is 0.233 e. The lowest BCUT2D eigenvalue weighted by Gasteiger charge is -2.30. The SMILES string of the molecule is CCN(CC1COc2ccccc2O1)C(=O)CSc1nnc(COc2ccccc2Cl)n1C. The first-order chi connectivity index (χ1) is 16.0. The third-order valence-corrected chi connectivity index (χ3v) is 6.49. The first-order valence-corrected chi connectivity index (χ1v) is 12.0. The third-order valence-electron chi connectivity index (χ3n) is 5.17. The summed E-state index contributed by atoms with van der Waals surface area (Å²) in [7, 11) is 1.85. The van der Waals surface area contributed by atoms with Crippen LogP contribution in [0.25, 0.3) is 0 Å². The standard InChI is InChI=1S/C23H25ClN4O4S/c1-3-28(12-16-13-30-19-10-6-7-11-20(19)32-16)22(29)15-33-23-26-25-21(27(23)2)14-31-18-9-5-4-8-17(18)24/h4-11,16H,3,12-15H2,1-2H3. The van der Waals surface area contributed by atoms with Crippen LogP contribution in [0.5, 0.6) is 17.2 Å². The van der Waals surface area contributed by atoms with E-state index in [1.165, 1.54) is 11.8 Å². The van der Waals surface area contributed by atoms with Crippen LogP contribution in [0.4, 0.5) is 0 Å². The number of likely N-dealkylation sites (N-methyl/N-ethyl adjacent to an activating group) is 1. The minimum atomic E-state index is -0.211. The Hall–Kier alpha value is -2.91. The predicted molar refractivity (Wildman–Crippen MR) is 126 cm³/mol. The molecular formula is C23H25ClN4O4S. The lowest BCUT2D eigenvalue weighted by Crippen LogP contribution is -2.44. The zero-order valence-corrected chi connectivity index (χ0v) is 20.0. The van der Waals surface area contributed by atoms with Gasteiger partial charge in [-0.25, -0.2) is 0 Å². The second-order valence-corrected chi connectivity index (χ2v) is 8.75. The van der Waals surface area contributed by atoms with Crippen molar-refractivity contribution in [1.82, 2.24) is 19.7 Å². The quantitative estimate of drug-likeness (QED) is 0.423. The van der Waals surface area contributed by atoms with Crippen molar-refractivity contribution in [2.45, 2.75) is 24.8 Å². The van der Waals surface area contributed by atoms with Crippen molar-refractivity contribution in [3.63, 3.8) is 0 Å². The highest BCUT2D eigenvalue weighted by Gasteiger charge is 2.25. The van der Waals surface area contributed by atoms with Gasteiger partial charge < -0.3 is 23.7 Å². The maximum atomic E-state index is 12.8. The van der Waals surface area contributed by atoms with Gasteiger partial charge in [0.1, 0.15) is 19.0 Å². The minimum Gasteiger partial charge on any atom is -0.486 e. The zero-order chi connectivity index (χ0) is 23.2. The van der Waals surface area contributed by atoms with Crippen LogP contribution >= 0.6 is 23.4 Å². The molecule has 4 rings (SSSR count). The van der Waals surface area contributed by atoms with Gasteiger partial charge in [0.2, 0.25) is 5.91 Å². The molecule has 3 aromatic rings. The summed E-state index contributed by atoms with van der Waals surface area (Å²) in [5, 5.41) is 9.56. The first kappa shape index (κ1) is 23.3. The van der Waals surface area contributed by atoms with Crippen LogP contribution in [0.2, 0.25) is 5.02 Å². The average molecular weight is 489 g/mol. The number of hydrogen-bond acceptors (Lipinski definition) is 7. The number of para-hydroxylation sites is 3. The molecule has 1 aliphatic heterocycles. The van der Waals surface area contributed by atoms with Crippen molar-refractivity contribution in [2.75, 3.05) is 25.4 Å².